The molecule has 0 aliphatic carbocycles. The molecule has 0 spiro atoms. The summed E-state index contributed by atoms with van der Waals surface area (Å²) in [5, 5.41) is 3.87. The first-order valence-corrected chi connectivity index (χ1v) is 7.47. The minimum Gasteiger partial charge on any atom is -0.408 e. The van der Waals surface area contributed by atoms with Gasteiger partial charge in [-0.25, -0.2) is 4.79 Å². The van der Waals surface area contributed by atoms with Gasteiger partial charge in [-0.15, -0.1) is 4.07 Å². The van der Waals surface area contributed by atoms with Gasteiger partial charge in [0, 0.05) is 5.56 Å². The zero-order valence-corrected chi connectivity index (χ0v) is 12.6. The fraction of sp³-hybridized carbons (Fsp3) is 0. The van der Waals surface area contributed by atoms with Gasteiger partial charge < -0.3 is 4.74 Å². The van der Waals surface area contributed by atoms with Crippen molar-refractivity contribution in [3.63, 3.8) is 0 Å². The van der Waals surface area contributed by atoms with E-state index in [0.29, 0.717) is 16.0 Å². The summed E-state index contributed by atoms with van der Waals surface area (Å²) < 4.78 is 6.50. The van der Waals surface area contributed by atoms with Crippen molar-refractivity contribution < 1.29 is 14.3 Å². The maximum atomic E-state index is 12.0. The largest absolute Gasteiger partial charge is 0.450 e. The van der Waals surface area contributed by atoms with Crippen molar-refractivity contribution in [3.8, 4) is 5.75 Å². The predicted molar refractivity (Wildman–Crippen MR) is 84.3 cm³/mol. The Kier molecular flexibility index (Phi) is 4.39. The molecule has 0 bridgehead atoms. The van der Waals surface area contributed by atoms with Crippen molar-refractivity contribution in [2.75, 3.05) is 0 Å². The van der Waals surface area contributed by atoms with Crippen LogP contribution in [0.4, 0.5) is 4.79 Å². The number of hydrogen-bond donors (Lipinski definition) is 0. The van der Waals surface area contributed by atoms with E-state index in [9.17, 15) is 9.59 Å². The van der Waals surface area contributed by atoms with Crippen LogP contribution < -0.4 is 9.41 Å². The van der Waals surface area contributed by atoms with Gasteiger partial charge in [0.1, 0.15) is 5.75 Å². The second-order valence-corrected chi connectivity index (χ2v) is 5.36. The lowest BCUT2D eigenvalue weighted by Crippen LogP contribution is -2.15. The molecule has 3 rings (SSSR count). The van der Waals surface area contributed by atoms with Crippen LogP contribution in [0.15, 0.2) is 71.9 Å². The van der Waals surface area contributed by atoms with Crippen LogP contribution in [0.25, 0.3) is 0 Å². The highest BCUT2D eigenvalue weighted by atomic mass is 32.1. The zero-order valence-electron chi connectivity index (χ0n) is 11.8. The molecule has 1 heterocycles. The molecule has 0 unspecified atom stereocenters. The van der Waals surface area contributed by atoms with Gasteiger partial charge in [-0.3, -0.25) is 4.79 Å². The molecule has 7 heteroatoms. The highest BCUT2D eigenvalue weighted by molar-refractivity contribution is 7.04. The molecule has 0 aliphatic heterocycles. The van der Waals surface area contributed by atoms with Gasteiger partial charge in [0.25, 0.3) is 5.91 Å². The molecule has 0 N–H and O–H groups in total. The van der Waals surface area contributed by atoms with Crippen LogP contribution >= 0.6 is 11.5 Å². The third-order valence-electron chi connectivity index (χ3n) is 2.79. The lowest BCUT2D eigenvalue weighted by atomic mass is 10.2. The van der Waals surface area contributed by atoms with E-state index >= 15 is 0 Å². The Balaban J connectivity index is 1.76. The molecule has 0 saturated heterocycles. The molecule has 0 atom stereocenters. The molecule has 0 radical (unpaired) electrons. The minimum absolute atomic E-state index is 0.323. The Morgan fingerprint density at radius 1 is 1.00 bits per heavy atom. The van der Waals surface area contributed by atoms with Crippen LogP contribution in [0.3, 0.4) is 0 Å². The highest BCUT2D eigenvalue weighted by Gasteiger charge is 2.10. The predicted octanol–water partition coefficient (Wildman–Crippen LogP) is 2.73. The van der Waals surface area contributed by atoms with E-state index in [2.05, 4.69) is 10.1 Å². The molecule has 0 saturated carbocycles. The van der Waals surface area contributed by atoms with Crippen molar-refractivity contribution in [2.45, 2.75) is 0 Å². The van der Waals surface area contributed by atoms with Crippen molar-refractivity contribution in [1.29, 1.82) is 0 Å². The molecule has 1 amide bonds. The first kappa shape index (κ1) is 14.9. The Labute approximate surface area is 135 Å². The minimum atomic E-state index is -0.658. The third-order valence-corrected chi connectivity index (χ3v) is 3.59. The number of carbonyl (C=O) groups is 2. The zero-order chi connectivity index (χ0) is 16.1. The summed E-state index contributed by atoms with van der Waals surface area (Å²) >= 11 is 0.927. The van der Waals surface area contributed by atoms with Crippen LogP contribution in [0.5, 0.6) is 5.75 Å². The van der Waals surface area contributed by atoms with E-state index in [1.165, 1.54) is 6.20 Å². The molecule has 2 aromatic carbocycles. The number of aromatic nitrogens is 2. The van der Waals surface area contributed by atoms with Crippen LogP contribution in [-0.2, 0) is 0 Å². The molecule has 0 aliphatic rings. The normalized spacial score (nSPS) is 11.2. The molecular weight excluding hydrogens is 314 g/mol. The van der Waals surface area contributed by atoms with Crippen molar-refractivity contribution in [3.05, 3.63) is 77.1 Å². The molecule has 0 fully saturated rings. The van der Waals surface area contributed by atoms with Gasteiger partial charge in [-0.2, -0.15) is 10.1 Å². The Bertz CT molecular complexity index is 885. The number of hydrogen-bond acceptors (Lipinski definition) is 5. The van der Waals surface area contributed by atoms with Gasteiger partial charge in [0.2, 0.25) is 0 Å². The molecule has 6 nitrogen and oxygen atoms in total. The summed E-state index contributed by atoms with van der Waals surface area (Å²) in [5.74, 6) is 0.0249. The van der Waals surface area contributed by atoms with Crippen LogP contribution in [0, 0.1) is 0 Å². The smallest absolute Gasteiger partial charge is 0.408 e. The van der Waals surface area contributed by atoms with Crippen LogP contribution in [-0.4, -0.2) is 21.2 Å². The van der Waals surface area contributed by atoms with E-state index in [4.69, 9.17) is 4.74 Å². The summed E-state index contributed by atoms with van der Waals surface area (Å²) in [6.07, 6.45) is 0.687. The first-order valence-electron chi connectivity index (χ1n) is 6.69. The lowest BCUT2D eigenvalue weighted by molar-refractivity contribution is 0.0999. The number of rotatable bonds is 2. The number of nitrogens with zero attached hydrogens (tertiary/aromatic N) is 3. The summed E-state index contributed by atoms with van der Waals surface area (Å²) in [6, 6.07) is 17.3. The van der Waals surface area contributed by atoms with Gasteiger partial charge >= 0.3 is 6.09 Å². The number of ether oxygens (including phenoxy) is 1. The van der Waals surface area contributed by atoms with E-state index in [0.717, 1.165) is 15.6 Å². The lowest BCUT2D eigenvalue weighted by Gasteiger charge is -2.01. The number of carbonyl (C=O) groups excluding carboxylic acids is 2. The number of benzene rings is 2. The summed E-state index contributed by atoms with van der Waals surface area (Å²) in [7, 11) is 0. The topological polar surface area (TPSA) is 73.5 Å². The maximum Gasteiger partial charge on any atom is 0.450 e. The van der Waals surface area contributed by atoms with Gasteiger partial charge in [-0.05, 0) is 35.8 Å². The summed E-state index contributed by atoms with van der Waals surface area (Å²) in [4.78, 5) is 27.8. The number of para-hydroxylation sites is 1. The number of amides is 1. The molecule has 114 valence electrons. The third kappa shape index (κ3) is 3.78. The molecule has 1 aromatic heterocycles. The Morgan fingerprint density at radius 2 is 1.65 bits per heavy atom. The van der Waals surface area contributed by atoms with E-state index < -0.39 is 12.0 Å². The van der Waals surface area contributed by atoms with Crippen molar-refractivity contribution >= 4 is 23.5 Å². The van der Waals surface area contributed by atoms with Crippen molar-refractivity contribution in [1.82, 2.24) is 9.17 Å². The van der Waals surface area contributed by atoms with E-state index in [1.807, 2.05) is 12.1 Å². The van der Waals surface area contributed by atoms with E-state index in [-0.39, 0.29) is 0 Å². The standard InChI is InChI=1S/C16H11N3O3S/c20-15(12-7-3-1-4-8-12)18-14-11-17-19(23-14)16(21)22-13-9-5-2-6-10-13/h1-11H. The first-order chi connectivity index (χ1) is 11.2. The van der Waals surface area contributed by atoms with E-state index in [1.54, 1.807) is 48.5 Å². The fourth-order valence-electron chi connectivity index (χ4n) is 1.75. The molecule has 3 aromatic rings. The molecular formula is C16H11N3O3S. The SMILES string of the molecule is O=C(N=c1cnn(C(=O)Oc2ccccc2)s1)c1ccccc1. The summed E-state index contributed by atoms with van der Waals surface area (Å²) in [6.45, 7) is 0. The van der Waals surface area contributed by atoms with Gasteiger partial charge in [0.05, 0.1) is 6.20 Å². The van der Waals surface area contributed by atoms with Gasteiger partial charge in [-0.1, -0.05) is 36.4 Å². The summed E-state index contributed by atoms with van der Waals surface area (Å²) in [5.41, 5.74) is 0.472. The van der Waals surface area contributed by atoms with Crippen LogP contribution in [0.2, 0.25) is 0 Å². The Morgan fingerprint density at radius 3 is 2.35 bits per heavy atom. The quantitative estimate of drug-likeness (QED) is 0.726. The maximum absolute atomic E-state index is 12.0. The highest BCUT2D eigenvalue weighted by Crippen LogP contribution is 2.09. The average Bonchev–Trinajstić information content (AvgIpc) is 3.05. The molecule has 23 heavy (non-hydrogen) atoms. The second kappa shape index (κ2) is 6.80. The average molecular weight is 325 g/mol. The van der Waals surface area contributed by atoms with Crippen molar-refractivity contribution in [2.24, 2.45) is 4.99 Å². The van der Waals surface area contributed by atoms with Gasteiger partial charge in [0.15, 0.2) is 4.67 Å². The Hall–Kier alpha value is -3.06. The fourth-order valence-corrected chi connectivity index (χ4v) is 2.35. The second-order valence-electron chi connectivity index (χ2n) is 4.41. The monoisotopic (exact) mass is 325 g/mol. The van der Waals surface area contributed by atoms with Crippen LogP contribution in [0.1, 0.15) is 10.4 Å².